The van der Waals surface area contributed by atoms with E-state index < -0.39 is 18.0 Å². The van der Waals surface area contributed by atoms with Gasteiger partial charge in [-0.05, 0) is 11.6 Å². The van der Waals surface area contributed by atoms with E-state index in [0.29, 0.717) is 5.69 Å². The first-order chi connectivity index (χ1) is 12.1. The van der Waals surface area contributed by atoms with Gasteiger partial charge < -0.3 is 10.4 Å². The van der Waals surface area contributed by atoms with Crippen LogP contribution in [-0.4, -0.2) is 32.9 Å². The molecule has 0 aliphatic heterocycles. The number of aliphatic carboxylic acids is 1. The van der Waals surface area contributed by atoms with Crippen molar-refractivity contribution in [2.24, 2.45) is 0 Å². The average molecular weight is 335 g/mol. The van der Waals surface area contributed by atoms with E-state index in [1.165, 1.54) is 6.20 Å². The zero-order chi connectivity index (χ0) is 17.6. The largest absolute Gasteiger partial charge is 0.480 e. The van der Waals surface area contributed by atoms with Crippen LogP contribution in [0.25, 0.3) is 11.3 Å². The summed E-state index contributed by atoms with van der Waals surface area (Å²) in [4.78, 5) is 23.8. The van der Waals surface area contributed by atoms with E-state index in [1.54, 1.807) is 6.07 Å². The summed E-state index contributed by atoms with van der Waals surface area (Å²) in [5, 5.41) is 16.1. The number of hydrogen-bond acceptors (Lipinski definition) is 3. The SMILES string of the molecule is O=C(O)[C@H](Cc1ccccc1)NC(=O)n1ccc(-c2ccccc2)n1. The van der Waals surface area contributed by atoms with Crippen molar-refractivity contribution in [1.29, 1.82) is 0 Å². The number of aromatic nitrogens is 2. The Morgan fingerprint density at radius 1 is 1.00 bits per heavy atom. The number of nitrogens with zero attached hydrogens (tertiary/aromatic N) is 2. The highest BCUT2D eigenvalue weighted by atomic mass is 16.4. The van der Waals surface area contributed by atoms with Crippen LogP contribution in [0.5, 0.6) is 0 Å². The Balaban J connectivity index is 1.72. The van der Waals surface area contributed by atoms with Crippen LogP contribution >= 0.6 is 0 Å². The fraction of sp³-hybridized carbons (Fsp3) is 0.105. The van der Waals surface area contributed by atoms with Gasteiger partial charge in [-0.15, -0.1) is 0 Å². The Kier molecular flexibility index (Phi) is 4.89. The molecule has 1 heterocycles. The number of carboxylic acid groups (broad SMARTS) is 1. The Bertz CT molecular complexity index is 860. The van der Waals surface area contributed by atoms with E-state index in [0.717, 1.165) is 15.8 Å². The van der Waals surface area contributed by atoms with Gasteiger partial charge in [0.1, 0.15) is 6.04 Å². The molecule has 0 bridgehead atoms. The van der Waals surface area contributed by atoms with Gasteiger partial charge in [-0.3, -0.25) is 0 Å². The summed E-state index contributed by atoms with van der Waals surface area (Å²) in [6.07, 6.45) is 1.72. The zero-order valence-electron chi connectivity index (χ0n) is 13.4. The number of carbonyl (C=O) groups is 2. The first-order valence-corrected chi connectivity index (χ1v) is 7.82. The smallest absolute Gasteiger partial charge is 0.342 e. The normalized spacial score (nSPS) is 11.7. The van der Waals surface area contributed by atoms with E-state index >= 15 is 0 Å². The molecular weight excluding hydrogens is 318 g/mol. The number of rotatable bonds is 5. The predicted molar refractivity (Wildman–Crippen MR) is 93.2 cm³/mol. The van der Waals surface area contributed by atoms with Crippen molar-refractivity contribution < 1.29 is 14.7 Å². The lowest BCUT2D eigenvalue weighted by molar-refractivity contribution is -0.139. The van der Waals surface area contributed by atoms with E-state index in [-0.39, 0.29) is 6.42 Å². The van der Waals surface area contributed by atoms with Gasteiger partial charge in [0.2, 0.25) is 0 Å². The topological polar surface area (TPSA) is 84.2 Å². The molecule has 6 nitrogen and oxygen atoms in total. The van der Waals surface area contributed by atoms with Crippen molar-refractivity contribution in [3.63, 3.8) is 0 Å². The van der Waals surface area contributed by atoms with Crippen molar-refractivity contribution in [3.8, 4) is 11.3 Å². The molecule has 1 amide bonds. The van der Waals surface area contributed by atoms with Crippen LogP contribution < -0.4 is 5.32 Å². The number of amides is 1. The molecule has 0 radical (unpaired) electrons. The van der Waals surface area contributed by atoms with E-state index in [9.17, 15) is 14.7 Å². The number of carboxylic acids is 1. The Morgan fingerprint density at radius 3 is 2.28 bits per heavy atom. The third kappa shape index (κ3) is 4.11. The second-order valence-electron chi connectivity index (χ2n) is 5.54. The molecule has 1 atom stereocenters. The van der Waals surface area contributed by atoms with Gasteiger partial charge in [-0.25, -0.2) is 9.59 Å². The molecular formula is C19H17N3O3. The lowest BCUT2D eigenvalue weighted by Crippen LogP contribution is -2.44. The molecule has 0 aliphatic rings. The van der Waals surface area contributed by atoms with Crippen LogP contribution in [0.3, 0.4) is 0 Å². The average Bonchev–Trinajstić information content (AvgIpc) is 3.13. The van der Waals surface area contributed by atoms with Crippen LogP contribution in [0.4, 0.5) is 4.79 Å². The summed E-state index contributed by atoms with van der Waals surface area (Å²) in [6.45, 7) is 0. The summed E-state index contributed by atoms with van der Waals surface area (Å²) >= 11 is 0. The number of nitrogens with one attached hydrogen (secondary N) is 1. The number of hydrogen-bond donors (Lipinski definition) is 2. The van der Waals surface area contributed by atoms with Gasteiger partial charge in [-0.1, -0.05) is 60.7 Å². The molecule has 2 N–H and O–H groups in total. The predicted octanol–water partition coefficient (Wildman–Crippen LogP) is 2.80. The minimum absolute atomic E-state index is 0.203. The van der Waals surface area contributed by atoms with Gasteiger partial charge in [-0.2, -0.15) is 9.78 Å². The second-order valence-corrected chi connectivity index (χ2v) is 5.54. The molecule has 3 rings (SSSR count). The van der Waals surface area contributed by atoms with Crippen molar-refractivity contribution in [2.45, 2.75) is 12.5 Å². The van der Waals surface area contributed by atoms with Gasteiger partial charge in [0.15, 0.2) is 0 Å². The van der Waals surface area contributed by atoms with Gasteiger partial charge in [0, 0.05) is 18.2 Å². The molecule has 0 unspecified atom stereocenters. The van der Waals surface area contributed by atoms with Crippen LogP contribution in [-0.2, 0) is 11.2 Å². The summed E-state index contributed by atoms with van der Waals surface area (Å²) in [7, 11) is 0. The molecule has 0 aliphatic carbocycles. The molecule has 6 heteroatoms. The summed E-state index contributed by atoms with van der Waals surface area (Å²) in [6, 6.07) is 18.7. The number of carbonyl (C=O) groups excluding carboxylic acids is 1. The molecule has 25 heavy (non-hydrogen) atoms. The monoisotopic (exact) mass is 335 g/mol. The Morgan fingerprint density at radius 2 is 1.64 bits per heavy atom. The van der Waals surface area contributed by atoms with Crippen LogP contribution in [0.1, 0.15) is 5.56 Å². The van der Waals surface area contributed by atoms with E-state index in [2.05, 4.69) is 10.4 Å². The van der Waals surface area contributed by atoms with E-state index in [1.807, 2.05) is 60.7 Å². The Hall–Kier alpha value is -3.41. The molecule has 3 aromatic rings. The molecule has 0 fully saturated rings. The molecule has 2 aromatic carbocycles. The fourth-order valence-electron chi connectivity index (χ4n) is 2.46. The maximum absolute atomic E-state index is 12.3. The molecule has 1 aromatic heterocycles. The first kappa shape index (κ1) is 16.4. The standard InChI is InChI=1S/C19H17N3O3/c23-18(24)17(13-14-7-3-1-4-8-14)20-19(25)22-12-11-16(21-22)15-9-5-2-6-10-15/h1-12,17H,13H2,(H,20,25)(H,23,24)/t17-/m0/s1. The van der Waals surface area contributed by atoms with Crippen LogP contribution in [0.2, 0.25) is 0 Å². The zero-order valence-corrected chi connectivity index (χ0v) is 13.4. The maximum atomic E-state index is 12.3. The lowest BCUT2D eigenvalue weighted by Gasteiger charge is -2.14. The van der Waals surface area contributed by atoms with Crippen LogP contribution in [0, 0.1) is 0 Å². The highest BCUT2D eigenvalue weighted by molar-refractivity contribution is 5.84. The summed E-state index contributed by atoms with van der Waals surface area (Å²) in [5.41, 5.74) is 2.36. The maximum Gasteiger partial charge on any atom is 0.342 e. The van der Waals surface area contributed by atoms with Gasteiger partial charge >= 0.3 is 12.0 Å². The minimum Gasteiger partial charge on any atom is -0.480 e. The Labute approximate surface area is 144 Å². The highest BCUT2D eigenvalue weighted by Gasteiger charge is 2.21. The molecule has 0 saturated heterocycles. The van der Waals surface area contributed by atoms with Crippen LogP contribution in [0.15, 0.2) is 72.9 Å². The minimum atomic E-state index is -1.09. The van der Waals surface area contributed by atoms with Crippen molar-refractivity contribution in [1.82, 2.24) is 15.1 Å². The molecule has 126 valence electrons. The third-order valence-electron chi connectivity index (χ3n) is 3.75. The lowest BCUT2D eigenvalue weighted by atomic mass is 10.1. The van der Waals surface area contributed by atoms with Crippen molar-refractivity contribution in [3.05, 3.63) is 78.5 Å². The quantitative estimate of drug-likeness (QED) is 0.751. The third-order valence-corrected chi connectivity index (χ3v) is 3.75. The molecule has 0 spiro atoms. The summed E-state index contributed by atoms with van der Waals surface area (Å²) in [5.74, 6) is -1.09. The molecule has 0 saturated carbocycles. The fourth-order valence-corrected chi connectivity index (χ4v) is 2.46. The van der Waals surface area contributed by atoms with Gasteiger partial charge in [0.05, 0.1) is 5.69 Å². The van der Waals surface area contributed by atoms with Crippen molar-refractivity contribution in [2.75, 3.05) is 0 Å². The highest BCUT2D eigenvalue weighted by Crippen LogP contribution is 2.15. The van der Waals surface area contributed by atoms with Crippen molar-refractivity contribution >= 4 is 12.0 Å². The first-order valence-electron chi connectivity index (χ1n) is 7.82. The number of benzene rings is 2. The summed E-state index contributed by atoms with van der Waals surface area (Å²) < 4.78 is 1.11. The second kappa shape index (κ2) is 7.44. The van der Waals surface area contributed by atoms with E-state index in [4.69, 9.17) is 0 Å². The van der Waals surface area contributed by atoms with Gasteiger partial charge in [0.25, 0.3) is 0 Å².